The third-order valence-corrected chi connectivity index (χ3v) is 3.31. The van der Waals surface area contributed by atoms with E-state index in [1.54, 1.807) is 17.5 Å². The molecule has 15 heavy (non-hydrogen) atoms. The minimum absolute atomic E-state index is 0.223. The normalized spacial score (nSPS) is 13.9. The van der Waals surface area contributed by atoms with E-state index in [1.807, 2.05) is 4.40 Å². The van der Waals surface area contributed by atoms with Gasteiger partial charge in [-0.15, -0.1) is 11.3 Å². The molecule has 4 nitrogen and oxygen atoms in total. The Balaban J connectivity index is 2.60. The zero-order valence-corrected chi connectivity index (χ0v) is 9.66. The van der Waals surface area contributed by atoms with E-state index < -0.39 is 6.10 Å². The van der Waals surface area contributed by atoms with Gasteiger partial charge < -0.3 is 10.8 Å². The van der Waals surface area contributed by atoms with Crippen LogP contribution >= 0.6 is 11.3 Å². The van der Waals surface area contributed by atoms with Crippen LogP contribution < -0.4 is 5.73 Å². The molecule has 5 heteroatoms. The zero-order valence-electron chi connectivity index (χ0n) is 8.84. The van der Waals surface area contributed by atoms with Gasteiger partial charge in [0.1, 0.15) is 6.10 Å². The molecular weight excluding hydrogens is 210 g/mol. The SMILES string of the molecule is CC(C)c1csc2ncc(C(O)CN)n12. The minimum atomic E-state index is -0.632. The van der Waals surface area contributed by atoms with Crippen molar-refractivity contribution in [2.75, 3.05) is 6.54 Å². The molecule has 0 aromatic carbocycles. The van der Waals surface area contributed by atoms with Crippen molar-refractivity contribution in [1.29, 1.82) is 0 Å². The molecule has 0 aliphatic rings. The van der Waals surface area contributed by atoms with Crippen LogP contribution in [0.15, 0.2) is 11.6 Å². The molecule has 1 atom stereocenters. The Morgan fingerprint density at radius 2 is 2.27 bits per heavy atom. The van der Waals surface area contributed by atoms with Crippen molar-refractivity contribution >= 4 is 16.3 Å². The highest BCUT2D eigenvalue weighted by molar-refractivity contribution is 7.15. The fourth-order valence-electron chi connectivity index (χ4n) is 1.61. The minimum Gasteiger partial charge on any atom is -0.385 e. The molecule has 0 aliphatic carbocycles. The second kappa shape index (κ2) is 3.92. The van der Waals surface area contributed by atoms with E-state index in [-0.39, 0.29) is 6.54 Å². The Hall–Kier alpha value is -0.910. The van der Waals surface area contributed by atoms with Crippen LogP contribution in [-0.2, 0) is 0 Å². The van der Waals surface area contributed by atoms with Crippen molar-refractivity contribution in [1.82, 2.24) is 9.38 Å². The van der Waals surface area contributed by atoms with Crippen molar-refractivity contribution in [3.63, 3.8) is 0 Å². The smallest absolute Gasteiger partial charge is 0.194 e. The van der Waals surface area contributed by atoms with Crippen LogP contribution in [-0.4, -0.2) is 21.0 Å². The van der Waals surface area contributed by atoms with Gasteiger partial charge in [0, 0.05) is 17.6 Å². The Kier molecular flexibility index (Phi) is 2.77. The molecule has 3 N–H and O–H groups in total. The number of aliphatic hydroxyl groups excluding tert-OH is 1. The van der Waals surface area contributed by atoms with Gasteiger partial charge in [0.25, 0.3) is 0 Å². The second-order valence-corrected chi connectivity index (χ2v) is 4.70. The van der Waals surface area contributed by atoms with E-state index in [0.29, 0.717) is 5.92 Å². The Morgan fingerprint density at radius 1 is 1.53 bits per heavy atom. The standard InChI is InChI=1S/C10H15N3OS/c1-6(2)8-5-15-10-12-4-7(13(8)10)9(14)3-11/h4-6,9,14H,3,11H2,1-2H3. The average Bonchev–Trinajstić information content (AvgIpc) is 2.75. The maximum atomic E-state index is 9.76. The van der Waals surface area contributed by atoms with Crippen LogP contribution in [0.25, 0.3) is 4.96 Å². The van der Waals surface area contributed by atoms with Crippen LogP contribution in [0.3, 0.4) is 0 Å². The van der Waals surface area contributed by atoms with Crippen LogP contribution in [0.5, 0.6) is 0 Å². The van der Waals surface area contributed by atoms with Gasteiger partial charge in [-0.05, 0) is 5.92 Å². The maximum absolute atomic E-state index is 9.76. The van der Waals surface area contributed by atoms with Gasteiger partial charge in [-0.25, -0.2) is 4.98 Å². The molecule has 2 aromatic rings. The summed E-state index contributed by atoms with van der Waals surface area (Å²) < 4.78 is 2.01. The second-order valence-electron chi connectivity index (χ2n) is 3.87. The molecule has 1 unspecified atom stereocenters. The predicted molar refractivity (Wildman–Crippen MR) is 61.2 cm³/mol. The molecule has 2 heterocycles. The van der Waals surface area contributed by atoms with Crippen molar-refractivity contribution in [3.8, 4) is 0 Å². The molecule has 0 saturated heterocycles. The number of aromatic nitrogens is 2. The lowest BCUT2D eigenvalue weighted by molar-refractivity contribution is 0.180. The number of hydrogen-bond donors (Lipinski definition) is 2. The number of fused-ring (bicyclic) bond motifs is 1. The van der Waals surface area contributed by atoms with Gasteiger partial charge in [0.15, 0.2) is 4.96 Å². The van der Waals surface area contributed by atoms with Gasteiger partial charge in [-0.3, -0.25) is 4.40 Å². The molecule has 0 bridgehead atoms. The summed E-state index contributed by atoms with van der Waals surface area (Å²) in [5.41, 5.74) is 7.43. The molecular formula is C10H15N3OS. The van der Waals surface area contributed by atoms with Crippen molar-refractivity contribution < 1.29 is 5.11 Å². The fraction of sp³-hybridized carbons (Fsp3) is 0.500. The van der Waals surface area contributed by atoms with Gasteiger partial charge in [0.2, 0.25) is 0 Å². The van der Waals surface area contributed by atoms with E-state index in [1.165, 1.54) is 5.69 Å². The fourth-order valence-corrected chi connectivity index (χ4v) is 2.64. The maximum Gasteiger partial charge on any atom is 0.194 e. The van der Waals surface area contributed by atoms with E-state index in [9.17, 15) is 5.11 Å². The summed E-state index contributed by atoms with van der Waals surface area (Å²) in [4.78, 5) is 5.17. The molecule has 0 fully saturated rings. The van der Waals surface area contributed by atoms with Crippen molar-refractivity contribution in [2.24, 2.45) is 5.73 Å². The summed E-state index contributed by atoms with van der Waals surface area (Å²) >= 11 is 1.59. The van der Waals surface area contributed by atoms with Crippen LogP contribution in [0, 0.1) is 0 Å². The van der Waals surface area contributed by atoms with E-state index >= 15 is 0 Å². The lowest BCUT2D eigenvalue weighted by atomic mass is 10.1. The van der Waals surface area contributed by atoms with Gasteiger partial charge in [-0.1, -0.05) is 13.8 Å². The van der Waals surface area contributed by atoms with Gasteiger partial charge in [0.05, 0.1) is 11.9 Å². The highest BCUT2D eigenvalue weighted by atomic mass is 32.1. The van der Waals surface area contributed by atoms with Crippen molar-refractivity contribution in [2.45, 2.75) is 25.9 Å². The highest BCUT2D eigenvalue weighted by Gasteiger charge is 2.16. The molecule has 0 radical (unpaired) electrons. The molecule has 0 saturated carbocycles. The monoisotopic (exact) mass is 225 g/mol. The molecule has 0 aliphatic heterocycles. The van der Waals surface area contributed by atoms with E-state index in [0.717, 1.165) is 10.7 Å². The quantitative estimate of drug-likeness (QED) is 0.832. The summed E-state index contributed by atoms with van der Waals surface area (Å²) in [6.45, 7) is 4.47. The van der Waals surface area contributed by atoms with Crippen LogP contribution in [0.4, 0.5) is 0 Å². The molecule has 2 aromatic heterocycles. The first kappa shape index (κ1) is 10.6. The van der Waals surface area contributed by atoms with Gasteiger partial charge >= 0.3 is 0 Å². The number of nitrogens with two attached hydrogens (primary N) is 1. The largest absolute Gasteiger partial charge is 0.385 e. The first-order valence-electron chi connectivity index (χ1n) is 4.98. The van der Waals surface area contributed by atoms with E-state index in [4.69, 9.17) is 5.73 Å². The first-order chi connectivity index (χ1) is 7.15. The third kappa shape index (κ3) is 1.67. The summed E-state index contributed by atoms with van der Waals surface area (Å²) in [6.07, 6.45) is 1.07. The first-order valence-corrected chi connectivity index (χ1v) is 5.86. The third-order valence-electron chi connectivity index (χ3n) is 2.46. The summed E-state index contributed by atoms with van der Waals surface area (Å²) in [6, 6.07) is 0. The Morgan fingerprint density at radius 3 is 2.87 bits per heavy atom. The number of nitrogens with zero attached hydrogens (tertiary/aromatic N) is 2. The Labute approximate surface area is 92.4 Å². The molecule has 82 valence electrons. The average molecular weight is 225 g/mol. The number of rotatable bonds is 3. The lowest BCUT2D eigenvalue weighted by Gasteiger charge is -2.10. The number of thiazole rings is 1. The molecule has 0 amide bonds. The number of aliphatic hydroxyl groups is 1. The predicted octanol–water partition coefficient (Wildman–Crippen LogP) is 1.51. The number of hydrogen-bond acceptors (Lipinski definition) is 4. The van der Waals surface area contributed by atoms with Crippen molar-refractivity contribution in [3.05, 3.63) is 23.0 Å². The molecule has 2 rings (SSSR count). The summed E-state index contributed by atoms with van der Waals surface area (Å²) in [7, 11) is 0. The zero-order chi connectivity index (χ0) is 11.0. The molecule has 0 spiro atoms. The van der Waals surface area contributed by atoms with Gasteiger partial charge in [-0.2, -0.15) is 0 Å². The Bertz CT molecular complexity index is 460. The topological polar surface area (TPSA) is 63.5 Å². The highest BCUT2D eigenvalue weighted by Crippen LogP contribution is 2.26. The van der Waals surface area contributed by atoms with Crippen LogP contribution in [0.2, 0.25) is 0 Å². The number of imidazole rings is 1. The summed E-state index contributed by atoms with van der Waals surface area (Å²) in [5.74, 6) is 0.414. The summed E-state index contributed by atoms with van der Waals surface area (Å²) in [5, 5.41) is 11.8. The van der Waals surface area contributed by atoms with E-state index in [2.05, 4.69) is 24.2 Å². The lowest BCUT2D eigenvalue weighted by Crippen LogP contribution is -2.14. The van der Waals surface area contributed by atoms with Crippen LogP contribution in [0.1, 0.15) is 37.3 Å².